The Morgan fingerprint density at radius 1 is 1.44 bits per heavy atom. The van der Waals surface area contributed by atoms with Crippen molar-refractivity contribution < 1.29 is 24.1 Å². The molecular weight excluding hydrogens is 236 g/mol. The topological polar surface area (TPSA) is 65.0 Å². The van der Waals surface area contributed by atoms with Gasteiger partial charge in [-0.25, -0.2) is 0 Å². The predicted octanol–water partition coefficient (Wildman–Crippen LogP) is 1.68. The summed E-state index contributed by atoms with van der Waals surface area (Å²) in [5.74, 6) is 0.394. The van der Waals surface area contributed by atoms with E-state index in [4.69, 9.17) is 14.2 Å². The summed E-state index contributed by atoms with van der Waals surface area (Å²) >= 11 is 0. The lowest BCUT2D eigenvalue weighted by molar-refractivity contribution is -0.140. The molecule has 0 amide bonds. The van der Waals surface area contributed by atoms with Gasteiger partial charge in [0.15, 0.2) is 11.5 Å². The molecule has 3 rings (SSSR count). The van der Waals surface area contributed by atoms with Crippen LogP contribution in [0, 0.1) is 0 Å². The summed E-state index contributed by atoms with van der Waals surface area (Å²) in [5, 5.41) is 9.44. The third kappa shape index (κ3) is 1.47. The van der Waals surface area contributed by atoms with Gasteiger partial charge in [0.2, 0.25) is 6.79 Å². The molecule has 5 heteroatoms. The standard InChI is InChI=1S/C13H14O5/c1-16-6-8-2-3-9-11(18-7-17-9)10(8)13(4-5-13)12(14)15/h2-3H,4-7H2,1H3,(H,14,15). The summed E-state index contributed by atoms with van der Waals surface area (Å²) in [5.41, 5.74) is 0.779. The molecule has 1 aromatic rings. The molecule has 1 aliphatic heterocycles. The molecule has 18 heavy (non-hydrogen) atoms. The molecule has 0 bridgehead atoms. The van der Waals surface area contributed by atoms with Gasteiger partial charge in [0.25, 0.3) is 0 Å². The second-order valence-corrected chi connectivity index (χ2v) is 4.65. The molecule has 1 saturated carbocycles. The summed E-state index contributed by atoms with van der Waals surface area (Å²) in [6, 6.07) is 3.66. The molecule has 2 aliphatic rings. The van der Waals surface area contributed by atoms with E-state index < -0.39 is 11.4 Å². The van der Waals surface area contributed by atoms with Crippen LogP contribution in [0.3, 0.4) is 0 Å². The van der Waals surface area contributed by atoms with Gasteiger partial charge in [-0.3, -0.25) is 4.79 Å². The van der Waals surface area contributed by atoms with Gasteiger partial charge in [-0.05, 0) is 24.5 Å². The van der Waals surface area contributed by atoms with Gasteiger partial charge >= 0.3 is 5.97 Å². The SMILES string of the molecule is COCc1ccc2c(c1C1(C(=O)O)CC1)OCO2. The van der Waals surface area contributed by atoms with E-state index in [1.165, 1.54) is 0 Å². The summed E-state index contributed by atoms with van der Waals surface area (Å²) in [6.07, 6.45) is 1.28. The Morgan fingerprint density at radius 2 is 2.22 bits per heavy atom. The quantitative estimate of drug-likeness (QED) is 0.880. The molecule has 1 aromatic carbocycles. The van der Waals surface area contributed by atoms with Crippen LogP contribution in [-0.2, 0) is 21.6 Å². The van der Waals surface area contributed by atoms with Gasteiger partial charge in [0.05, 0.1) is 12.0 Å². The minimum atomic E-state index is -0.813. The maximum Gasteiger partial charge on any atom is 0.314 e. The van der Waals surface area contributed by atoms with Crippen molar-refractivity contribution in [1.82, 2.24) is 0 Å². The number of carbonyl (C=O) groups is 1. The van der Waals surface area contributed by atoms with Crippen LogP contribution in [0.15, 0.2) is 12.1 Å². The number of fused-ring (bicyclic) bond motifs is 1. The zero-order valence-corrected chi connectivity index (χ0v) is 10.1. The number of carboxylic acid groups (broad SMARTS) is 1. The van der Waals surface area contributed by atoms with Crippen molar-refractivity contribution in [3.05, 3.63) is 23.3 Å². The van der Waals surface area contributed by atoms with Gasteiger partial charge < -0.3 is 19.3 Å². The number of hydrogen-bond acceptors (Lipinski definition) is 4. The number of rotatable bonds is 4. The third-order valence-electron chi connectivity index (χ3n) is 3.56. The largest absolute Gasteiger partial charge is 0.481 e. The first-order valence-corrected chi connectivity index (χ1v) is 5.83. The first kappa shape index (κ1) is 11.3. The third-order valence-corrected chi connectivity index (χ3v) is 3.56. The molecule has 0 aromatic heterocycles. The van der Waals surface area contributed by atoms with Crippen molar-refractivity contribution in [3.8, 4) is 11.5 Å². The van der Waals surface area contributed by atoms with E-state index >= 15 is 0 Å². The normalized spacial score (nSPS) is 18.7. The van der Waals surface area contributed by atoms with Crippen LogP contribution in [0.4, 0.5) is 0 Å². The fourth-order valence-electron chi connectivity index (χ4n) is 2.51. The van der Waals surface area contributed by atoms with E-state index in [2.05, 4.69) is 0 Å². The van der Waals surface area contributed by atoms with Gasteiger partial charge in [-0.2, -0.15) is 0 Å². The number of aliphatic carboxylic acids is 1. The van der Waals surface area contributed by atoms with Crippen molar-refractivity contribution in [2.45, 2.75) is 24.9 Å². The summed E-state index contributed by atoms with van der Waals surface area (Å²) < 4.78 is 15.9. The van der Waals surface area contributed by atoms with E-state index in [0.717, 1.165) is 11.1 Å². The molecule has 1 fully saturated rings. The Labute approximate surface area is 104 Å². The minimum Gasteiger partial charge on any atom is -0.481 e. The van der Waals surface area contributed by atoms with E-state index in [1.807, 2.05) is 6.07 Å². The molecule has 1 N–H and O–H groups in total. The monoisotopic (exact) mass is 250 g/mol. The fourth-order valence-corrected chi connectivity index (χ4v) is 2.51. The molecule has 96 valence electrons. The Kier molecular flexibility index (Phi) is 2.45. The van der Waals surface area contributed by atoms with Gasteiger partial charge in [0.1, 0.15) is 0 Å². The van der Waals surface area contributed by atoms with Crippen LogP contribution in [0.2, 0.25) is 0 Å². The maximum atomic E-state index is 11.5. The zero-order valence-electron chi connectivity index (χ0n) is 10.1. The Bertz CT molecular complexity index is 504. The molecule has 5 nitrogen and oxygen atoms in total. The van der Waals surface area contributed by atoms with Crippen LogP contribution >= 0.6 is 0 Å². The van der Waals surface area contributed by atoms with Crippen LogP contribution in [-0.4, -0.2) is 25.0 Å². The van der Waals surface area contributed by atoms with Crippen LogP contribution in [0.25, 0.3) is 0 Å². The smallest absolute Gasteiger partial charge is 0.314 e. The molecule has 0 unspecified atom stereocenters. The average Bonchev–Trinajstić information content (AvgIpc) is 3.01. The first-order valence-electron chi connectivity index (χ1n) is 5.83. The molecule has 0 saturated heterocycles. The Hall–Kier alpha value is -1.75. The van der Waals surface area contributed by atoms with Crippen molar-refractivity contribution in [1.29, 1.82) is 0 Å². The van der Waals surface area contributed by atoms with Crippen LogP contribution in [0.1, 0.15) is 24.0 Å². The highest BCUT2D eigenvalue weighted by Gasteiger charge is 2.55. The van der Waals surface area contributed by atoms with Gasteiger partial charge in [-0.1, -0.05) is 6.07 Å². The van der Waals surface area contributed by atoms with E-state index in [-0.39, 0.29) is 6.79 Å². The molecule has 1 aliphatic carbocycles. The molecule has 0 radical (unpaired) electrons. The molecular formula is C13H14O5. The van der Waals surface area contributed by atoms with E-state index in [9.17, 15) is 9.90 Å². The van der Waals surface area contributed by atoms with Crippen molar-refractivity contribution in [2.24, 2.45) is 0 Å². The summed E-state index contributed by atoms with van der Waals surface area (Å²) in [6.45, 7) is 0.523. The van der Waals surface area contributed by atoms with Crippen LogP contribution in [0.5, 0.6) is 11.5 Å². The number of hydrogen-bond donors (Lipinski definition) is 1. The highest BCUT2D eigenvalue weighted by atomic mass is 16.7. The summed E-state index contributed by atoms with van der Waals surface area (Å²) in [7, 11) is 1.59. The Balaban J connectivity index is 2.16. The lowest BCUT2D eigenvalue weighted by atomic mass is 9.90. The predicted molar refractivity (Wildman–Crippen MR) is 61.8 cm³/mol. The number of carboxylic acids is 1. The average molecular weight is 250 g/mol. The highest BCUT2D eigenvalue weighted by molar-refractivity contribution is 5.87. The molecule has 1 heterocycles. The lowest BCUT2D eigenvalue weighted by Crippen LogP contribution is -2.22. The Morgan fingerprint density at radius 3 is 2.83 bits per heavy atom. The lowest BCUT2D eigenvalue weighted by Gasteiger charge is -2.17. The van der Waals surface area contributed by atoms with Crippen LogP contribution < -0.4 is 9.47 Å². The first-order chi connectivity index (χ1) is 8.69. The zero-order chi connectivity index (χ0) is 12.8. The van der Waals surface area contributed by atoms with Crippen molar-refractivity contribution >= 4 is 5.97 Å². The highest BCUT2D eigenvalue weighted by Crippen LogP contribution is 2.55. The second kappa shape index (κ2) is 3.88. The fraction of sp³-hybridized carbons (Fsp3) is 0.462. The second-order valence-electron chi connectivity index (χ2n) is 4.65. The van der Waals surface area contributed by atoms with E-state index in [1.54, 1.807) is 13.2 Å². The number of methoxy groups -OCH3 is 1. The van der Waals surface area contributed by atoms with Gasteiger partial charge in [-0.15, -0.1) is 0 Å². The van der Waals surface area contributed by atoms with E-state index in [0.29, 0.717) is 30.9 Å². The molecule has 0 atom stereocenters. The summed E-state index contributed by atoms with van der Waals surface area (Å²) in [4.78, 5) is 11.5. The maximum absolute atomic E-state index is 11.5. The van der Waals surface area contributed by atoms with Gasteiger partial charge in [0, 0.05) is 12.7 Å². The van der Waals surface area contributed by atoms with Crippen molar-refractivity contribution in [3.63, 3.8) is 0 Å². The number of benzene rings is 1. The molecule has 0 spiro atoms. The van der Waals surface area contributed by atoms with Crippen molar-refractivity contribution in [2.75, 3.05) is 13.9 Å². The minimum absolute atomic E-state index is 0.147. The number of ether oxygens (including phenoxy) is 3.